The van der Waals surface area contributed by atoms with Crippen molar-refractivity contribution < 1.29 is 14.3 Å². The van der Waals surface area contributed by atoms with Crippen molar-refractivity contribution in [3.05, 3.63) is 35.5 Å². The highest BCUT2D eigenvalue weighted by atomic mass is 32.1. The monoisotopic (exact) mass is 288 g/mol. The third kappa shape index (κ3) is 2.05. The van der Waals surface area contributed by atoms with Gasteiger partial charge in [-0.15, -0.1) is 15.3 Å². The number of aromatic nitrogens is 4. The molecule has 20 heavy (non-hydrogen) atoms. The largest absolute Gasteiger partial charge is 0.478 e. The van der Waals surface area contributed by atoms with Crippen LogP contribution in [0.2, 0.25) is 0 Å². The molecule has 0 radical (unpaired) electrons. The molecule has 0 aliphatic carbocycles. The van der Waals surface area contributed by atoms with E-state index in [-0.39, 0.29) is 17.3 Å². The van der Waals surface area contributed by atoms with Gasteiger partial charge in [-0.2, -0.15) is 0 Å². The van der Waals surface area contributed by atoms with Crippen LogP contribution >= 0.6 is 11.5 Å². The third-order valence-electron chi connectivity index (χ3n) is 2.66. The van der Waals surface area contributed by atoms with Gasteiger partial charge in [0.25, 0.3) is 5.89 Å². The van der Waals surface area contributed by atoms with Crippen LogP contribution in [0.4, 0.5) is 0 Å². The molecule has 0 spiro atoms. The summed E-state index contributed by atoms with van der Waals surface area (Å²) in [7, 11) is 0. The molecule has 8 heteroatoms. The van der Waals surface area contributed by atoms with Crippen LogP contribution in [0.25, 0.3) is 22.2 Å². The molecule has 0 bridgehead atoms. The molecule has 2 heterocycles. The van der Waals surface area contributed by atoms with Crippen molar-refractivity contribution in [1.82, 2.24) is 19.8 Å². The second-order valence-corrected chi connectivity index (χ2v) is 4.70. The van der Waals surface area contributed by atoms with Gasteiger partial charge in [0.1, 0.15) is 4.88 Å². The Morgan fingerprint density at radius 3 is 2.65 bits per heavy atom. The Morgan fingerprint density at radius 1 is 1.20 bits per heavy atom. The predicted molar refractivity (Wildman–Crippen MR) is 70.3 cm³/mol. The lowest BCUT2D eigenvalue weighted by atomic mass is 10.1. The van der Waals surface area contributed by atoms with Crippen LogP contribution in [-0.4, -0.2) is 30.9 Å². The maximum atomic E-state index is 11.2. The second kappa shape index (κ2) is 4.82. The van der Waals surface area contributed by atoms with Gasteiger partial charge in [0, 0.05) is 0 Å². The maximum absolute atomic E-state index is 11.2. The van der Waals surface area contributed by atoms with Crippen LogP contribution in [0.3, 0.4) is 0 Å². The number of aryl methyl sites for hydroxylation is 1. The van der Waals surface area contributed by atoms with Crippen LogP contribution in [0.1, 0.15) is 16.1 Å². The van der Waals surface area contributed by atoms with E-state index in [4.69, 9.17) is 9.52 Å². The lowest BCUT2D eigenvalue weighted by Crippen LogP contribution is -1.98. The molecule has 0 amide bonds. The Labute approximate surface area is 117 Å². The number of hydrogen-bond acceptors (Lipinski definition) is 7. The van der Waals surface area contributed by atoms with Gasteiger partial charge in [0.15, 0.2) is 0 Å². The van der Waals surface area contributed by atoms with Crippen LogP contribution in [-0.2, 0) is 0 Å². The molecule has 0 fully saturated rings. The van der Waals surface area contributed by atoms with E-state index in [0.717, 1.165) is 11.5 Å². The first-order valence-electron chi connectivity index (χ1n) is 5.62. The van der Waals surface area contributed by atoms with Crippen molar-refractivity contribution in [3.8, 4) is 22.2 Å². The topological polar surface area (TPSA) is 102 Å². The first kappa shape index (κ1) is 12.4. The Kier molecular flexibility index (Phi) is 2.99. The third-order valence-corrected chi connectivity index (χ3v) is 3.47. The molecule has 0 aliphatic heterocycles. The number of nitrogens with zero attached hydrogens (tertiary/aromatic N) is 4. The standard InChI is InChI=1S/C12H8N4O3S/c1-6-9(20-16-13-6)11-15-14-10(19-11)7-4-2-3-5-8(7)12(17)18/h2-5H,1H3,(H,17,18). The molecule has 3 aromatic rings. The van der Waals surface area contributed by atoms with Gasteiger partial charge in [-0.25, -0.2) is 4.79 Å². The smallest absolute Gasteiger partial charge is 0.336 e. The number of carboxylic acids is 1. The lowest BCUT2D eigenvalue weighted by Gasteiger charge is -1.99. The summed E-state index contributed by atoms with van der Waals surface area (Å²) in [6, 6.07) is 6.46. The highest BCUT2D eigenvalue weighted by Crippen LogP contribution is 2.29. The molecule has 0 saturated heterocycles. The zero-order chi connectivity index (χ0) is 14.1. The first-order valence-corrected chi connectivity index (χ1v) is 6.39. The fourth-order valence-corrected chi connectivity index (χ4v) is 2.29. The summed E-state index contributed by atoms with van der Waals surface area (Å²) >= 11 is 1.15. The second-order valence-electron chi connectivity index (χ2n) is 3.95. The minimum Gasteiger partial charge on any atom is -0.478 e. The van der Waals surface area contributed by atoms with E-state index in [2.05, 4.69) is 19.8 Å². The molecular formula is C12H8N4O3S. The van der Waals surface area contributed by atoms with E-state index in [1.165, 1.54) is 6.07 Å². The van der Waals surface area contributed by atoms with Gasteiger partial charge in [-0.05, 0) is 30.6 Å². The molecule has 7 nitrogen and oxygen atoms in total. The molecule has 1 aromatic carbocycles. The van der Waals surface area contributed by atoms with E-state index in [0.29, 0.717) is 16.1 Å². The fraction of sp³-hybridized carbons (Fsp3) is 0.0833. The average Bonchev–Trinajstić information content (AvgIpc) is 3.07. The number of carbonyl (C=O) groups is 1. The summed E-state index contributed by atoms with van der Waals surface area (Å²) in [5.74, 6) is -0.602. The highest BCUT2D eigenvalue weighted by molar-refractivity contribution is 7.09. The summed E-state index contributed by atoms with van der Waals surface area (Å²) in [4.78, 5) is 11.9. The molecule has 100 valence electrons. The van der Waals surface area contributed by atoms with Crippen LogP contribution in [0.5, 0.6) is 0 Å². The van der Waals surface area contributed by atoms with Gasteiger partial charge in [0.05, 0.1) is 16.8 Å². The van der Waals surface area contributed by atoms with E-state index < -0.39 is 5.97 Å². The zero-order valence-electron chi connectivity index (χ0n) is 10.3. The summed E-state index contributed by atoms with van der Waals surface area (Å²) in [5.41, 5.74) is 1.19. The highest BCUT2D eigenvalue weighted by Gasteiger charge is 2.19. The van der Waals surface area contributed by atoms with Crippen molar-refractivity contribution in [2.24, 2.45) is 0 Å². The Balaban J connectivity index is 2.07. The van der Waals surface area contributed by atoms with Crippen molar-refractivity contribution in [1.29, 1.82) is 0 Å². The van der Waals surface area contributed by atoms with Crippen molar-refractivity contribution in [2.75, 3.05) is 0 Å². The van der Waals surface area contributed by atoms with Crippen LogP contribution in [0.15, 0.2) is 28.7 Å². The van der Waals surface area contributed by atoms with Gasteiger partial charge in [-0.3, -0.25) is 0 Å². The van der Waals surface area contributed by atoms with Crippen molar-refractivity contribution in [2.45, 2.75) is 6.92 Å². The Hall–Kier alpha value is -2.61. The van der Waals surface area contributed by atoms with Gasteiger partial charge >= 0.3 is 5.97 Å². The summed E-state index contributed by atoms with van der Waals surface area (Å²) in [5, 5.41) is 20.8. The lowest BCUT2D eigenvalue weighted by molar-refractivity contribution is 0.0697. The molecule has 0 atom stereocenters. The fourth-order valence-electron chi connectivity index (χ4n) is 1.71. The van der Waals surface area contributed by atoms with Crippen LogP contribution < -0.4 is 0 Å². The van der Waals surface area contributed by atoms with E-state index in [1.807, 2.05) is 0 Å². The predicted octanol–water partition coefficient (Wildman–Crippen LogP) is 2.26. The molecule has 3 rings (SSSR count). The van der Waals surface area contributed by atoms with Gasteiger partial charge in [0.2, 0.25) is 5.89 Å². The maximum Gasteiger partial charge on any atom is 0.336 e. The minimum atomic E-state index is -1.05. The summed E-state index contributed by atoms with van der Waals surface area (Å²) < 4.78 is 9.33. The Bertz CT molecular complexity index is 780. The van der Waals surface area contributed by atoms with Crippen molar-refractivity contribution >= 4 is 17.5 Å². The molecule has 0 unspecified atom stereocenters. The number of benzene rings is 1. The summed E-state index contributed by atoms with van der Waals surface area (Å²) in [6.07, 6.45) is 0. The van der Waals surface area contributed by atoms with Crippen molar-refractivity contribution in [3.63, 3.8) is 0 Å². The Morgan fingerprint density at radius 2 is 1.95 bits per heavy atom. The first-order chi connectivity index (χ1) is 9.66. The average molecular weight is 288 g/mol. The number of rotatable bonds is 3. The van der Waals surface area contributed by atoms with E-state index >= 15 is 0 Å². The number of hydrogen-bond donors (Lipinski definition) is 1. The number of aromatic carboxylic acids is 1. The van der Waals surface area contributed by atoms with Gasteiger partial charge < -0.3 is 9.52 Å². The van der Waals surface area contributed by atoms with Crippen LogP contribution in [0, 0.1) is 6.92 Å². The molecule has 0 saturated carbocycles. The SMILES string of the molecule is Cc1nnsc1-c1nnc(-c2ccccc2C(=O)O)o1. The summed E-state index contributed by atoms with van der Waals surface area (Å²) in [6.45, 7) is 1.79. The minimum absolute atomic E-state index is 0.113. The zero-order valence-corrected chi connectivity index (χ0v) is 11.1. The molecule has 2 aromatic heterocycles. The molecule has 1 N–H and O–H groups in total. The van der Waals surface area contributed by atoms with Gasteiger partial charge in [-0.1, -0.05) is 16.6 Å². The molecular weight excluding hydrogens is 280 g/mol. The molecule has 0 aliphatic rings. The van der Waals surface area contributed by atoms with E-state index in [1.54, 1.807) is 25.1 Å². The number of carboxylic acid groups (broad SMARTS) is 1. The van der Waals surface area contributed by atoms with E-state index in [9.17, 15) is 4.79 Å². The quantitative estimate of drug-likeness (QED) is 0.788. The normalized spacial score (nSPS) is 10.7.